The van der Waals surface area contributed by atoms with E-state index in [-0.39, 0.29) is 12.5 Å². The van der Waals surface area contributed by atoms with Crippen LogP contribution in [0.3, 0.4) is 0 Å². The van der Waals surface area contributed by atoms with E-state index in [1.807, 2.05) is 24.3 Å². The number of carbonyl (C=O) groups is 1. The lowest BCUT2D eigenvalue weighted by Gasteiger charge is -2.35. The first kappa shape index (κ1) is 21.0. The zero-order valence-electron chi connectivity index (χ0n) is 16.0. The molecule has 27 heavy (non-hydrogen) atoms. The Morgan fingerprint density at radius 2 is 2.00 bits per heavy atom. The molecular formula is C19H28N4O3S. The summed E-state index contributed by atoms with van der Waals surface area (Å²) in [5, 5.41) is 7.46. The number of hydrogen-bond acceptors (Lipinski definition) is 5. The van der Waals surface area contributed by atoms with E-state index in [2.05, 4.69) is 35.2 Å². The number of benzene rings is 1. The highest BCUT2D eigenvalue weighted by atomic mass is 32.1. The van der Waals surface area contributed by atoms with Crippen molar-refractivity contribution >= 4 is 29.5 Å². The Morgan fingerprint density at radius 1 is 1.26 bits per heavy atom. The molecule has 0 heterocycles. The molecule has 8 heteroatoms. The van der Waals surface area contributed by atoms with Crippen molar-refractivity contribution in [2.45, 2.75) is 39.2 Å². The van der Waals surface area contributed by atoms with Crippen LogP contribution in [0.15, 0.2) is 29.4 Å². The average molecular weight is 393 g/mol. The summed E-state index contributed by atoms with van der Waals surface area (Å²) in [7, 11) is 1.61. The summed E-state index contributed by atoms with van der Waals surface area (Å²) in [6, 6.07) is 7.64. The van der Waals surface area contributed by atoms with Gasteiger partial charge in [-0.1, -0.05) is 31.8 Å². The average Bonchev–Trinajstić information content (AvgIpc) is 2.67. The van der Waals surface area contributed by atoms with Gasteiger partial charge in [0.2, 0.25) is 0 Å². The fraction of sp³-hybridized carbons (Fsp3) is 0.526. The van der Waals surface area contributed by atoms with E-state index in [0.29, 0.717) is 23.0 Å². The van der Waals surface area contributed by atoms with Crippen LogP contribution in [0.4, 0.5) is 0 Å². The van der Waals surface area contributed by atoms with Crippen LogP contribution in [0.5, 0.6) is 5.75 Å². The third-order valence-electron chi connectivity index (χ3n) is 4.93. The van der Waals surface area contributed by atoms with E-state index in [9.17, 15) is 4.79 Å². The Balaban J connectivity index is 1.63. The largest absolute Gasteiger partial charge is 0.497 e. The second-order valence-corrected chi connectivity index (χ2v) is 7.21. The number of oxime groups is 1. The van der Waals surface area contributed by atoms with Gasteiger partial charge in [0.15, 0.2) is 11.7 Å². The highest BCUT2D eigenvalue weighted by Crippen LogP contribution is 2.29. The number of carbonyl (C=O) groups excluding carboxylic acids is 1. The van der Waals surface area contributed by atoms with Gasteiger partial charge in [-0.25, -0.2) is 0 Å². The van der Waals surface area contributed by atoms with E-state index in [4.69, 9.17) is 21.8 Å². The maximum absolute atomic E-state index is 11.8. The minimum Gasteiger partial charge on any atom is -0.497 e. The molecule has 0 radical (unpaired) electrons. The highest BCUT2D eigenvalue weighted by Gasteiger charge is 2.27. The number of nitrogens with one attached hydrogen (secondary N) is 3. The molecule has 3 atom stereocenters. The van der Waals surface area contributed by atoms with E-state index >= 15 is 0 Å². The van der Waals surface area contributed by atoms with E-state index in [1.165, 1.54) is 19.1 Å². The quantitative estimate of drug-likeness (QED) is 0.392. The van der Waals surface area contributed by atoms with Gasteiger partial charge in [-0.05, 0) is 60.3 Å². The van der Waals surface area contributed by atoms with E-state index in [0.717, 1.165) is 17.7 Å². The van der Waals surface area contributed by atoms with Crippen LogP contribution in [0, 0.1) is 11.8 Å². The molecule has 0 spiro atoms. The Bertz CT molecular complexity index is 651. The number of amides is 1. The lowest BCUT2D eigenvalue weighted by Crippen LogP contribution is -2.53. The number of hydrogen-bond donors (Lipinski definition) is 3. The van der Waals surface area contributed by atoms with Crippen molar-refractivity contribution < 1.29 is 14.4 Å². The molecule has 1 aromatic rings. The molecule has 7 nitrogen and oxygen atoms in total. The third-order valence-corrected chi connectivity index (χ3v) is 5.15. The SMILES string of the molecule is COc1ccc(/C=N\OCC(=O)NNC(=S)N[C@@H]2CCC[C@H](C)[C@H]2C)cc1. The zero-order chi connectivity index (χ0) is 19.6. The van der Waals surface area contributed by atoms with Gasteiger partial charge in [-0.2, -0.15) is 0 Å². The predicted octanol–water partition coefficient (Wildman–Crippen LogP) is 2.37. The van der Waals surface area contributed by atoms with Crippen molar-refractivity contribution in [1.82, 2.24) is 16.2 Å². The monoisotopic (exact) mass is 392 g/mol. The second-order valence-electron chi connectivity index (χ2n) is 6.80. The van der Waals surface area contributed by atoms with Gasteiger partial charge in [0.25, 0.3) is 5.91 Å². The minimum absolute atomic E-state index is 0.209. The van der Waals surface area contributed by atoms with Gasteiger partial charge in [-0.15, -0.1) is 0 Å². The van der Waals surface area contributed by atoms with Gasteiger partial charge >= 0.3 is 0 Å². The molecule has 3 N–H and O–H groups in total. The lowest BCUT2D eigenvalue weighted by atomic mass is 9.78. The zero-order valence-corrected chi connectivity index (χ0v) is 16.8. The molecule has 1 saturated carbocycles. The standard InChI is InChI=1S/C19H28N4O3S/c1-13-5-4-6-17(14(13)2)21-19(27)23-22-18(24)12-26-20-11-15-7-9-16(25-3)10-8-15/h7-11,13-14,17H,4-6,12H2,1-3H3,(H,22,24)(H2,21,23,27)/b20-11-/t13-,14+,17+/m0/s1. The fourth-order valence-electron chi connectivity index (χ4n) is 3.04. The van der Waals surface area contributed by atoms with Crippen molar-refractivity contribution in [3.05, 3.63) is 29.8 Å². The highest BCUT2D eigenvalue weighted by molar-refractivity contribution is 7.80. The Hall–Kier alpha value is -2.35. The number of methoxy groups -OCH3 is 1. The molecule has 0 bridgehead atoms. The lowest BCUT2D eigenvalue weighted by molar-refractivity contribution is -0.126. The van der Waals surface area contributed by atoms with Crippen LogP contribution in [0.2, 0.25) is 0 Å². The van der Waals surface area contributed by atoms with Crippen LogP contribution in [-0.4, -0.2) is 37.0 Å². The van der Waals surface area contributed by atoms with Gasteiger partial charge < -0.3 is 14.9 Å². The van der Waals surface area contributed by atoms with Crippen LogP contribution in [0.1, 0.15) is 38.7 Å². The van der Waals surface area contributed by atoms with Crippen LogP contribution < -0.4 is 20.9 Å². The molecule has 0 aromatic heterocycles. The minimum atomic E-state index is -0.365. The molecule has 1 aromatic carbocycles. The molecule has 1 aliphatic rings. The maximum atomic E-state index is 11.8. The van der Waals surface area contributed by atoms with Gasteiger partial charge in [0, 0.05) is 6.04 Å². The summed E-state index contributed by atoms with van der Waals surface area (Å²) >= 11 is 5.25. The fourth-order valence-corrected chi connectivity index (χ4v) is 3.24. The van der Waals surface area contributed by atoms with Gasteiger partial charge in [0.1, 0.15) is 5.75 Å². The molecule has 2 rings (SSSR count). The summed E-state index contributed by atoms with van der Waals surface area (Å²) in [5.74, 6) is 1.62. The molecule has 1 amide bonds. The van der Waals surface area contributed by atoms with Crippen molar-refractivity contribution in [3.63, 3.8) is 0 Å². The summed E-state index contributed by atoms with van der Waals surface area (Å²) in [4.78, 5) is 16.8. The summed E-state index contributed by atoms with van der Waals surface area (Å²) in [5.41, 5.74) is 6.06. The smallest absolute Gasteiger partial charge is 0.279 e. The predicted molar refractivity (Wildman–Crippen MR) is 110 cm³/mol. The van der Waals surface area contributed by atoms with Gasteiger partial charge in [0.05, 0.1) is 13.3 Å². The molecule has 0 saturated heterocycles. The summed E-state index contributed by atoms with van der Waals surface area (Å²) in [6.45, 7) is 4.29. The van der Waals surface area contributed by atoms with Crippen molar-refractivity contribution in [2.75, 3.05) is 13.7 Å². The Morgan fingerprint density at radius 3 is 2.70 bits per heavy atom. The Kier molecular flexibility index (Phi) is 8.32. The molecule has 1 aliphatic carbocycles. The third kappa shape index (κ3) is 7.05. The molecule has 0 aliphatic heterocycles. The van der Waals surface area contributed by atoms with Crippen molar-refractivity contribution in [1.29, 1.82) is 0 Å². The topological polar surface area (TPSA) is 84.0 Å². The number of ether oxygens (including phenoxy) is 1. The van der Waals surface area contributed by atoms with Crippen LogP contribution in [0.25, 0.3) is 0 Å². The van der Waals surface area contributed by atoms with Crippen molar-refractivity contribution in [2.24, 2.45) is 17.0 Å². The van der Waals surface area contributed by atoms with E-state index in [1.54, 1.807) is 7.11 Å². The summed E-state index contributed by atoms with van der Waals surface area (Å²) in [6.07, 6.45) is 5.06. The van der Waals surface area contributed by atoms with E-state index < -0.39 is 0 Å². The van der Waals surface area contributed by atoms with Crippen LogP contribution >= 0.6 is 12.2 Å². The second kappa shape index (κ2) is 10.7. The Labute approximate surface area is 165 Å². The number of rotatable bonds is 6. The number of nitrogens with zero attached hydrogens (tertiary/aromatic N) is 1. The molecule has 148 valence electrons. The first-order valence-electron chi connectivity index (χ1n) is 9.14. The normalized spacial score (nSPS) is 22.1. The van der Waals surface area contributed by atoms with Gasteiger partial charge in [-0.3, -0.25) is 15.6 Å². The number of thiocarbonyl (C=S) groups is 1. The molecular weight excluding hydrogens is 364 g/mol. The number of hydrazine groups is 1. The van der Waals surface area contributed by atoms with Crippen LogP contribution in [-0.2, 0) is 9.63 Å². The first-order valence-corrected chi connectivity index (χ1v) is 9.55. The van der Waals surface area contributed by atoms with Crippen molar-refractivity contribution in [3.8, 4) is 5.75 Å². The summed E-state index contributed by atoms with van der Waals surface area (Å²) < 4.78 is 5.08. The maximum Gasteiger partial charge on any atom is 0.279 e. The first-order chi connectivity index (χ1) is 13.0. The molecule has 0 unspecified atom stereocenters. The molecule has 1 fully saturated rings.